The van der Waals surface area contributed by atoms with E-state index in [-0.39, 0.29) is 0 Å². The lowest BCUT2D eigenvalue weighted by Crippen LogP contribution is -2.54. The predicted octanol–water partition coefficient (Wildman–Crippen LogP) is 2.94. The average Bonchev–Trinajstić information content (AvgIpc) is 2.36. The Kier molecular flexibility index (Phi) is 1.35. The van der Waals surface area contributed by atoms with Gasteiger partial charge in [0.25, 0.3) is 0 Å². The van der Waals surface area contributed by atoms with Gasteiger partial charge in [-0.3, -0.25) is 4.79 Å². The summed E-state index contributed by atoms with van der Waals surface area (Å²) in [5, 5.41) is 0. The van der Waals surface area contributed by atoms with E-state index in [1.807, 2.05) is 0 Å². The van der Waals surface area contributed by atoms with Crippen LogP contribution in [-0.2, 0) is 4.79 Å². The van der Waals surface area contributed by atoms with Crippen LogP contribution < -0.4 is 0 Å². The van der Waals surface area contributed by atoms with Crippen LogP contribution in [0.25, 0.3) is 0 Å². The van der Waals surface area contributed by atoms with Gasteiger partial charge in [-0.05, 0) is 49.9 Å². The molecular weight excluding hydrogens is 160 g/mol. The monoisotopic (exact) mass is 178 g/mol. The number of Topliss-reactive ketones (excluding diaryl/α,β-unsaturated/α-hetero) is 1. The number of ketones is 1. The van der Waals surface area contributed by atoms with E-state index in [4.69, 9.17) is 0 Å². The van der Waals surface area contributed by atoms with E-state index >= 15 is 0 Å². The van der Waals surface area contributed by atoms with Crippen molar-refractivity contribution in [3.05, 3.63) is 0 Å². The smallest absolute Gasteiger partial charge is 0.133 e. The van der Waals surface area contributed by atoms with Gasteiger partial charge in [0.15, 0.2) is 0 Å². The van der Waals surface area contributed by atoms with Crippen LogP contribution in [0.5, 0.6) is 0 Å². The SMILES string of the molecule is CC(=O)C1CC23CCCC12CCC3. The molecule has 3 saturated carbocycles. The molecule has 0 bridgehead atoms. The molecule has 3 fully saturated rings. The van der Waals surface area contributed by atoms with Crippen LogP contribution in [0.2, 0.25) is 0 Å². The van der Waals surface area contributed by atoms with Crippen LogP contribution in [0.1, 0.15) is 51.9 Å². The van der Waals surface area contributed by atoms with Crippen LogP contribution in [0.3, 0.4) is 0 Å². The van der Waals surface area contributed by atoms with Crippen molar-refractivity contribution in [3.63, 3.8) is 0 Å². The van der Waals surface area contributed by atoms with Gasteiger partial charge < -0.3 is 0 Å². The van der Waals surface area contributed by atoms with Gasteiger partial charge in [-0.1, -0.05) is 12.8 Å². The van der Waals surface area contributed by atoms with Crippen LogP contribution in [0.15, 0.2) is 0 Å². The molecular formula is C12H18O. The minimum Gasteiger partial charge on any atom is -0.300 e. The van der Waals surface area contributed by atoms with Crippen LogP contribution in [0, 0.1) is 16.7 Å². The van der Waals surface area contributed by atoms with Crippen molar-refractivity contribution in [2.75, 3.05) is 0 Å². The molecule has 0 N–H and O–H groups in total. The summed E-state index contributed by atoms with van der Waals surface area (Å²) in [7, 11) is 0. The molecule has 13 heavy (non-hydrogen) atoms. The summed E-state index contributed by atoms with van der Waals surface area (Å²) in [5.41, 5.74) is 1.17. The molecule has 1 unspecified atom stereocenters. The van der Waals surface area contributed by atoms with E-state index < -0.39 is 0 Å². The Hall–Kier alpha value is -0.330. The normalized spacial score (nSPS) is 52.5. The first-order valence-corrected chi connectivity index (χ1v) is 5.71. The third kappa shape index (κ3) is 0.693. The second kappa shape index (κ2) is 2.18. The Bertz CT molecular complexity index is 256. The third-order valence-electron chi connectivity index (χ3n) is 5.37. The molecule has 72 valence electrons. The summed E-state index contributed by atoms with van der Waals surface area (Å²) in [6.07, 6.45) is 9.60. The standard InChI is InChI=1S/C12H18O/c1-9(13)10-8-11-4-2-6-12(10,11)7-3-5-11/h10H,2-8H2,1H3. The first-order chi connectivity index (χ1) is 6.20. The zero-order chi connectivity index (χ0) is 9.10. The maximum Gasteiger partial charge on any atom is 0.133 e. The largest absolute Gasteiger partial charge is 0.300 e. The van der Waals surface area contributed by atoms with E-state index in [1.54, 1.807) is 6.92 Å². The highest BCUT2D eigenvalue weighted by Gasteiger charge is 2.69. The molecule has 0 aromatic rings. The van der Waals surface area contributed by atoms with Crippen molar-refractivity contribution in [2.45, 2.75) is 51.9 Å². The molecule has 3 aliphatic rings. The number of carbonyl (C=O) groups is 1. The van der Waals surface area contributed by atoms with Crippen molar-refractivity contribution in [3.8, 4) is 0 Å². The number of hydrogen-bond donors (Lipinski definition) is 0. The van der Waals surface area contributed by atoms with Gasteiger partial charge in [0.05, 0.1) is 0 Å². The van der Waals surface area contributed by atoms with Gasteiger partial charge in [0.1, 0.15) is 5.78 Å². The fourth-order valence-corrected chi connectivity index (χ4v) is 4.88. The summed E-state index contributed by atoms with van der Waals surface area (Å²) in [5.74, 6) is 0.928. The molecule has 0 heterocycles. The number of rotatable bonds is 1. The first-order valence-electron chi connectivity index (χ1n) is 5.71. The van der Waals surface area contributed by atoms with Gasteiger partial charge in [0.2, 0.25) is 0 Å². The van der Waals surface area contributed by atoms with E-state index in [0.29, 0.717) is 22.5 Å². The van der Waals surface area contributed by atoms with Gasteiger partial charge in [-0.15, -0.1) is 0 Å². The fraction of sp³-hybridized carbons (Fsp3) is 0.917. The minimum atomic E-state index is 0.456. The Morgan fingerprint density at radius 1 is 1.15 bits per heavy atom. The third-order valence-corrected chi connectivity index (χ3v) is 5.37. The molecule has 0 aromatic carbocycles. The summed E-state index contributed by atoms with van der Waals surface area (Å²) in [6.45, 7) is 1.81. The maximum atomic E-state index is 11.5. The highest BCUT2D eigenvalue weighted by Crippen LogP contribution is 2.76. The van der Waals surface area contributed by atoms with Crippen molar-refractivity contribution < 1.29 is 4.79 Å². The molecule has 0 aromatic heterocycles. The van der Waals surface area contributed by atoms with Crippen molar-refractivity contribution in [1.29, 1.82) is 0 Å². The van der Waals surface area contributed by atoms with E-state index in [9.17, 15) is 4.79 Å². The van der Waals surface area contributed by atoms with Crippen molar-refractivity contribution >= 4 is 5.78 Å². The summed E-state index contributed by atoms with van der Waals surface area (Å²) >= 11 is 0. The Labute approximate surface area is 79.9 Å². The maximum absolute atomic E-state index is 11.5. The Morgan fingerprint density at radius 3 is 2.31 bits per heavy atom. The Morgan fingerprint density at radius 2 is 1.77 bits per heavy atom. The molecule has 1 atom stereocenters. The fourth-order valence-electron chi connectivity index (χ4n) is 4.88. The quantitative estimate of drug-likeness (QED) is 0.603. The predicted molar refractivity (Wildman–Crippen MR) is 51.4 cm³/mol. The van der Waals surface area contributed by atoms with Gasteiger partial charge in [-0.25, -0.2) is 0 Å². The molecule has 0 spiro atoms. The van der Waals surface area contributed by atoms with Crippen molar-refractivity contribution in [1.82, 2.24) is 0 Å². The average molecular weight is 178 g/mol. The highest BCUT2D eigenvalue weighted by molar-refractivity contribution is 5.81. The number of hydrogen-bond acceptors (Lipinski definition) is 1. The van der Waals surface area contributed by atoms with Gasteiger partial charge in [-0.2, -0.15) is 0 Å². The lowest BCUT2D eigenvalue weighted by Gasteiger charge is -2.57. The number of carbonyl (C=O) groups excluding carboxylic acids is 1. The van der Waals surface area contributed by atoms with Crippen LogP contribution in [-0.4, -0.2) is 5.78 Å². The second-order valence-corrected chi connectivity index (χ2v) is 5.51. The minimum absolute atomic E-state index is 0.456. The van der Waals surface area contributed by atoms with Gasteiger partial charge in [0, 0.05) is 5.92 Å². The summed E-state index contributed by atoms with van der Waals surface area (Å²) in [4.78, 5) is 11.5. The zero-order valence-corrected chi connectivity index (χ0v) is 8.44. The molecule has 0 radical (unpaired) electrons. The van der Waals surface area contributed by atoms with E-state index in [0.717, 1.165) is 0 Å². The topological polar surface area (TPSA) is 17.1 Å². The van der Waals surface area contributed by atoms with Crippen LogP contribution >= 0.6 is 0 Å². The van der Waals surface area contributed by atoms with E-state index in [1.165, 1.54) is 44.9 Å². The lowest BCUT2D eigenvalue weighted by molar-refractivity contribution is -0.148. The summed E-state index contributed by atoms with van der Waals surface area (Å²) in [6, 6.07) is 0. The molecule has 3 aliphatic carbocycles. The summed E-state index contributed by atoms with van der Waals surface area (Å²) < 4.78 is 0. The second-order valence-electron chi connectivity index (χ2n) is 5.51. The molecule has 0 amide bonds. The highest BCUT2D eigenvalue weighted by atomic mass is 16.1. The molecule has 1 nitrogen and oxygen atoms in total. The first kappa shape index (κ1) is 8.02. The van der Waals surface area contributed by atoms with Crippen LogP contribution in [0.4, 0.5) is 0 Å². The zero-order valence-electron chi connectivity index (χ0n) is 8.44. The van der Waals surface area contributed by atoms with Crippen molar-refractivity contribution in [2.24, 2.45) is 16.7 Å². The molecule has 3 rings (SSSR count). The molecule has 0 aliphatic heterocycles. The lowest BCUT2D eigenvalue weighted by atomic mass is 9.46. The molecule has 1 heteroatoms. The Balaban J connectivity index is 1.98. The van der Waals surface area contributed by atoms with Gasteiger partial charge >= 0.3 is 0 Å². The molecule has 0 saturated heterocycles. The van der Waals surface area contributed by atoms with E-state index in [2.05, 4.69) is 0 Å².